The first-order valence-corrected chi connectivity index (χ1v) is 10.2. The van der Waals surface area contributed by atoms with E-state index in [2.05, 4.69) is 0 Å². The van der Waals surface area contributed by atoms with Crippen molar-refractivity contribution in [3.05, 3.63) is 0 Å². The Morgan fingerprint density at radius 1 is 0.958 bits per heavy atom. The predicted molar refractivity (Wildman–Crippen MR) is 93.5 cm³/mol. The monoisotopic (exact) mass is 329 g/mol. The van der Waals surface area contributed by atoms with Crippen LogP contribution < -0.4 is 0 Å². The fourth-order valence-electron chi connectivity index (χ4n) is 5.77. The van der Waals surface area contributed by atoms with E-state index in [1.54, 1.807) is 0 Å². The Bertz CT molecular complexity index is 505. The molecule has 0 amide bonds. The van der Waals surface area contributed by atoms with Gasteiger partial charge in [0, 0.05) is 11.8 Å². The number of carbonyl (C=O) groups excluding carboxylic acids is 2. The first-order valence-electron chi connectivity index (χ1n) is 10.2. The number of rotatable bonds is 3. The molecule has 3 nitrogen and oxygen atoms in total. The molecule has 0 saturated heterocycles. The van der Waals surface area contributed by atoms with Crippen LogP contribution in [-0.2, 0) is 14.2 Å². The minimum absolute atomic E-state index is 0.0483. The van der Waals surface area contributed by atoms with Crippen molar-refractivity contribution in [1.82, 2.24) is 0 Å². The number of Topliss-reactive ketones (excluding diaryl/α,β-unsaturated/α-hetero) is 1. The summed E-state index contributed by atoms with van der Waals surface area (Å²) in [5.74, 6) is 2.30. The van der Waals surface area contributed by atoms with E-state index >= 15 is 0 Å². The predicted octanol–water partition coefficient (Wildman–Crippen LogP) is 4.47. The molecule has 5 fully saturated rings. The molecule has 5 saturated carbocycles. The number of hydrogen-bond donors (Lipinski definition) is 0. The van der Waals surface area contributed by atoms with Crippen LogP contribution in [0.1, 0.15) is 83.5 Å². The van der Waals surface area contributed by atoms with Crippen LogP contribution in [0, 0.1) is 23.2 Å². The Morgan fingerprint density at radius 3 is 2.71 bits per heavy atom. The van der Waals surface area contributed by atoms with Gasteiger partial charge in [0.15, 0.2) is 0 Å². The summed E-state index contributed by atoms with van der Waals surface area (Å²) in [5.41, 5.74) is -0.173. The summed E-state index contributed by atoms with van der Waals surface area (Å²) in [6.45, 7) is 0. The van der Waals surface area contributed by atoms with Crippen molar-refractivity contribution < 1.29 is 14.2 Å². The van der Waals surface area contributed by atoms with E-state index < -0.39 is 0 Å². The Hall–Kier alpha value is -0.795. The SMILES string of the molecule is O=C1C2CCCC([B]OC(=O)C34CCCCC(CC3)C4)CCC1C2. The van der Waals surface area contributed by atoms with Crippen LogP contribution in [0.25, 0.3) is 0 Å². The Labute approximate surface area is 146 Å². The van der Waals surface area contributed by atoms with E-state index in [4.69, 9.17) is 4.65 Å². The van der Waals surface area contributed by atoms with E-state index in [-0.39, 0.29) is 11.4 Å². The zero-order valence-electron chi connectivity index (χ0n) is 14.8. The smallest absolute Gasteiger partial charge is 0.377 e. The van der Waals surface area contributed by atoms with Crippen molar-refractivity contribution in [2.24, 2.45) is 23.2 Å². The molecule has 0 N–H and O–H groups in total. The highest BCUT2D eigenvalue weighted by atomic mass is 16.5. The normalized spacial score (nSPS) is 42.1. The lowest BCUT2D eigenvalue weighted by Gasteiger charge is -2.32. The molecule has 5 aliphatic carbocycles. The number of fused-ring (bicyclic) bond motifs is 7. The summed E-state index contributed by atoms with van der Waals surface area (Å²) < 4.78 is 5.76. The van der Waals surface area contributed by atoms with Gasteiger partial charge in [0.2, 0.25) is 0 Å². The molecule has 4 heteroatoms. The van der Waals surface area contributed by atoms with Gasteiger partial charge in [-0.3, -0.25) is 9.59 Å². The molecule has 4 bridgehead atoms. The maximum Gasteiger partial charge on any atom is 0.377 e. The van der Waals surface area contributed by atoms with Gasteiger partial charge in [0.05, 0.1) is 5.41 Å². The second-order valence-corrected chi connectivity index (χ2v) is 8.98. The largest absolute Gasteiger partial charge is 0.538 e. The molecule has 0 aromatic carbocycles. The third-order valence-electron chi connectivity index (χ3n) is 7.42. The van der Waals surface area contributed by atoms with Gasteiger partial charge in [-0.2, -0.15) is 0 Å². The zero-order chi connectivity index (χ0) is 16.6. The maximum atomic E-state index is 12.8. The molecule has 0 spiro atoms. The van der Waals surface area contributed by atoms with Crippen molar-refractivity contribution in [2.45, 2.75) is 89.3 Å². The Morgan fingerprint density at radius 2 is 1.83 bits per heavy atom. The summed E-state index contributed by atoms with van der Waals surface area (Å²) in [6.07, 6.45) is 14.4. The second kappa shape index (κ2) is 6.84. The first kappa shape index (κ1) is 16.7. The Balaban J connectivity index is 1.31. The van der Waals surface area contributed by atoms with Crippen molar-refractivity contribution in [3.63, 3.8) is 0 Å². The highest BCUT2D eigenvalue weighted by Crippen LogP contribution is 2.50. The molecule has 0 aromatic heterocycles. The number of hydrogen-bond acceptors (Lipinski definition) is 3. The standard InChI is InChI=1S/C20H30BO3/c22-18-15-5-3-6-17(8-7-16(18)12-15)21-24-19(23)20-10-2-1-4-14(13-20)9-11-20/h14-17H,1-13H2. The molecule has 131 valence electrons. The van der Waals surface area contributed by atoms with E-state index in [1.165, 1.54) is 25.7 Å². The maximum absolute atomic E-state index is 12.8. The summed E-state index contributed by atoms with van der Waals surface area (Å²) in [6, 6.07) is 0. The van der Waals surface area contributed by atoms with Crippen LogP contribution in [0.4, 0.5) is 0 Å². The van der Waals surface area contributed by atoms with E-state index in [1.807, 2.05) is 7.48 Å². The lowest BCUT2D eigenvalue weighted by Crippen LogP contribution is -2.36. The quantitative estimate of drug-likeness (QED) is 0.718. The van der Waals surface area contributed by atoms with E-state index in [0.717, 1.165) is 63.7 Å². The molecule has 5 rings (SSSR count). The van der Waals surface area contributed by atoms with Gasteiger partial charge in [-0.15, -0.1) is 0 Å². The van der Waals surface area contributed by atoms with Crippen molar-refractivity contribution >= 4 is 19.2 Å². The summed E-state index contributed by atoms with van der Waals surface area (Å²) in [5, 5.41) is 0. The van der Waals surface area contributed by atoms with Gasteiger partial charge >= 0.3 is 7.48 Å². The molecular weight excluding hydrogens is 299 g/mol. The molecule has 0 aromatic rings. The molecule has 0 heterocycles. The topological polar surface area (TPSA) is 43.4 Å². The van der Waals surface area contributed by atoms with Crippen LogP contribution >= 0.6 is 0 Å². The van der Waals surface area contributed by atoms with E-state index in [0.29, 0.717) is 23.4 Å². The minimum atomic E-state index is -0.173. The van der Waals surface area contributed by atoms with Gasteiger partial charge in [-0.05, 0) is 56.7 Å². The average Bonchev–Trinajstić information content (AvgIpc) is 2.94. The lowest BCUT2D eigenvalue weighted by atomic mass is 9.69. The highest BCUT2D eigenvalue weighted by molar-refractivity contribution is 6.32. The molecule has 5 unspecified atom stereocenters. The first-order chi connectivity index (χ1) is 11.7. The van der Waals surface area contributed by atoms with Crippen molar-refractivity contribution in [2.75, 3.05) is 0 Å². The molecule has 5 aliphatic rings. The molecule has 24 heavy (non-hydrogen) atoms. The third kappa shape index (κ3) is 3.18. The van der Waals surface area contributed by atoms with Crippen LogP contribution in [0.5, 0.6) is 0 Å². The van der Waals surface area contributed by atoms with Gasteiger partial charge in [0.1, 0.15) is 5.78 Å². The molecular formula is C20H30BO3. The highest BCUT2D eigenvalue weighted by Gasteiger charge is 2.47. The van der Waals surface area contributed by atoms with Gasteiger partial charge in [-0.1, -0.05) is 38.5 Å². The molecule has 1 radical (unpaired) electrons. The van der Waals surface area contributed by atoms with Gasteiger partial charge < -0.3 is 4.65 Å². The lowest BCUT2D eigenvalue weighted by molar-refractivity contribution is -0.146. The molecule has 0 aliphatic heterocycles. The number of carbonyl (C=O) groups is 2. The van der Waals surface area contributed by atoms with Crippen LogP contribution in [0.2, 0.25) is 5.82 Å². The minimum Gasteiger partial charge on any atom is -0.538 e. The second-order valence-electron chi connectivity index (χ2n) is 8.98. The van der Waals surface area contributed by atoms with Crippen LogP contribution in [0.3, 0.4) is 0 Å². The zero-order valence-corrected chi connectivity index (χ0v) is 14.8. The van der Waals surface area contributed by atoms with Crippen LogP contribution in [0.15, 0.2) is 0 Å². The third-order valence-corrected chi connectivity index (χ3v) is 7.42. The van der Waals surface area contributed by atoms with Gasteiger partial charge in [-0.25, -0.2) is 0 Å². The number of ketones is 1. The van der Waals surface area contributed by atoms with Gasteiger partial charge in [0.25, 0.3) is 5.97 Å². The molecule has 5 atom stereocenters. The summed E-state index contributed by atoms with van der Waals surface area (Å²) in [4.78, 5) is 24.8. The summed E-state index contributed by atoms with van der Waals surface area (Å²) >= 11 is 0. The fourth-order valence-corrected chi connectivity index (χ4v) is 5.77. The van der Waals surface area contributed by atoms with Crippen LogP contribution in [-0.4, -0.2) is 19.2 Å². The fraction of sp³-hybridized carbons (Fsp3) is 0.900. The Kier molecular flexibility index (Phi) is 4.75. The van der Waals surface area contributed by atoms with E-state index in [9.17, 15) is 9.59 Å². The van der Waals surface area contributed by atoms with Crippen molar-refractivity contribution in [3.8, 4) is 0 Å². The van der Waals surface area contributed by atoms with Crippen molar-refractivity contribution in [1.29, 1.82) is 0 Å². The summed E-state index contributed by atoms with van der Waals surface area (Å²) in [7, 11) is 1.85. The average molecular weight is 329 g/mol.